The number of carbonyl (C=O) groups excluding carboxylic acids is 3. The summed E-state index contributed by atoms with van der Waals surface area (Å²) >= 11 is 5.77. The molecule has 2 rings (SSSR count). The number of halogens is 4. The van der Waals surface area contributed by atoms with Crippen LogP contribution in [0.5, 0.6) is 0 Å². The second kappa shape index (κ2) is 7.82. The molecule has 1 saturated heterocycles. The Hall–Kier alpha value is -2.82. The van der Waals surface area contributed by atoms with Crippen molar-refractivity contribution in [3.8, 4) is 0 Å². The van der Waals surface area contributed by atoms with Crippen molar-refractivity contribution < 1.29 is 27.6 Å². The average molecular weight is 406 g/mol. The Bertz CT molecular complexity index is 810. The molecule has 0 atom stereocenters. The lowest BCUT2D eigenvalue weighted by atomic mass is 10.2. The highest BCUT2D eigenvalue weighted by atomic mass is 35.5. The van der Waals surface area contributed by atoms with E-state index in [0.717, 1.165) is 4.90 Å². The summed E-state index contributed by atoms with van der Waals surface area (Å²) in [5, 5.41) is 4.42. The molecule has 12 heteroatoms. The molecule has 0 radical (unpaired) electrons. The van der Waals surface area contributed by atoms with Gasteiger partial charge in [0, 0.05) is 39.6 Å². The third-order valence-electron chi connectivity index (χ3n) is 3.37. The van der Waals surface area contributed by atoms with Crippen molar-refractivity contribution in [2.75, 3.05) is 32.5 Å². The number of carbonyl (C=O) groups is 3. The monoisotopic (exact) mass is 405 g/mol. The number of imide groups is 2. The summed E-state index contributed by atoms with van der Waals surface area (Å²) in [6, 6.07) is -0.180. The fraction of sp³-hybridized carbons (Fsp3) is 0.333. The Morgan fingerprint density at radius 3 is 2.56 bits per heavy atom. The molecule has 4 amide bonds. The van der Waals surface area contributed by atoms with Crippen LogP contribution in [0, 0.1) is 0 Å². The van der Waals surface area contributed by atoms with Crippen LogP contribution in [0.15, 0.2) is 24.0 Å². The summed E-state index contributed by atoms with van der Waals surface area (Å²) in [6.07, 6.45) is -2.68. The van der Waals surface area contributed by atoms with E-state index < -0.39 is 29.6 Å². The first-order valence-corrected chi connectivity index (χ1v) is 7.90. The smallest absolute Gasteiger partial charge is 0.383 e. The zero-order valence-corrected chi connectivity index (χ0v) is 15.0. The van der Waals surface area contributed by atoms with Gasteiger partial charge in [0.05, 0.1) is 10.6 Å². The van der Waals surface area contributed by atoms with Crippen molar-refractivity contribution in [2.24, 2.45) is 0 Å². The number of rotatable bonds is 5. The second-order valence-electron chi connectivity index (χ2n) is 5.70. The summed E-state index contributed by atoms with van der Waals surface area (Å²) in [4.78, 5) is 41.8. The van der Waals surface area contributed by atoms with Gasteiger partial charge in [-0.25, -0.2) is 9.78 Å². The molecule has 0 spiro atoms. The molecule has 0 bridgehead atoms. The predicted octanol–water partition coefficient (Wildman–Crippen LogP) is 1.69. The number of aromatic nitrogens is 1. The fourth-order valence-corrected chi connectivity index (χ4v) is 2.38. The van der Waals surface area contributed by atoms with Crippen LogP contribution in [0.1, 0.15) is 5.56 Å². The van der Waals surface area contributed by atoms with Crippen LogP contribution in [-0.2, 0) is 15.8 Å². The number of nitrogens with one attached hydrogen (secondary N) is 2. The molecular formula is C15H15ClF3N5O3. The zero-order chi connectivity index (χ0) is 20.4. The molecule has 2 heterocycles. The Morgan fingerprint density at radius 2 is 2.00 bits per heavy atom. The summed E-state index contributed by atoms with van der Waals surface area (Å²) < 4.78 is 37.8. The largest absolute Gasteiger partial charge is 0.417 e. The van der Waals surface area contributed by atoms with Gasteiger partial charge in [-0.3, -0.25) is 19.8 Å². The van der Waals surface area contributed by atoms with Crippen LogP contribution < -0.4 is 10.6 Å². The van der Waals surface area contributed by atoms with Crippen LogP contribution in [0.2, 0.25) is 5.02 Å². The Kier molecular flexibility index (Phi) is 5.94. The van der Waals surface area contributed by atoms with Gasteiger partial charge < -0.3 is 10.2 Å². The van der Waals surface area contributed by atoms with Gasteiger partial charge in [-0.15, -0.1) is 0 Å². The number of hydrogen-bond donors (Lipinski definition) is 2. The quantitative estimate of drug-likeness (QED) is 0.572. The number of alkyl halides is 3. The maximum atomic E-state index is 12.6. The van der Waals surface area contributed by atoms with Crippen molar-refractivity contribution in [3.63, 3.8) is 0 Å². The number of amides is 4. The number of anilines is 1. The highest BCUT2D eigenvalue weighted by Gasteiger charge is 2.35. The van der Waals surface area contributed by atoms with Crippen LogP contribution >= 0.6 is 11.6 Å². The summed E-state index contributed by atoms with van der Waals surface area (Å²) in [6.45, 7) is -0.206. The van der Waals surface area contributed by atoms with Crippen molar-refractivity contribution in [2.45, 2.75) is 6.18 Å². The number of urea groups is 1. The molecule has 0 saturated carbocycles. The first-order valence-electron chi connectivity index (χ1n) is 7.52. The zero-order valence-electron chi connectivity index (χ0n) is 14.2. The number of nitrogens with zero attached hydrogens (tertiary/aromatic N) is 3. The van der Waals surface area contributed by atoms with Crippen molar-refractivity contribution in [1.82, 2.24) is 20.1 Å². The molecule has 1 aliphatic heterocycles. The standard InChI is InChI=1S/C15H15ClF3N5O3/c1-23(2)7-9-12(25)22-14(27)24(13(9)26)4-3-20-11-10(16)5-8(6-21-11)15(17,18)19/h5-7H,3-4H2,1-2H3,(H,20,21)(H,22,25,27)/b9-7-. The van der Waals surface area contributed by atoms with Crippen LogP contribution in [0.25, 0.3) is 0 Å². The highest BCUT2D eigenvalue weighted by molar-refractivity contribution is 6.33. The Labute approximate surface area is 157 Å². The molecule has 0 aliphatic carbocycles. The maximum absolute atomic E-state index is 12.6. The van der Waals surface area contributed by atoms with Gasteiger partial charge in [0.1, 0.15) is 11.4 Å². The minimum absolute atomic E-state index is 0.0327. The van der Waals surface area contributed by atoms with E-state index in [1.165, 1.54) is 11.1 Å². The molecule has 0 unspecified atom stereocenters. The van der Waals surface area contributed by atoms with E-state index in [-0.39, 0.29) is 29.5 Å². The first kappa shape index (κ1) is 20.5. The van der Waals surface area contributed by atoms with Gasteiger partial charge in [-0.1, -0.05) is 11.6 Å². The van der Waals surface area contributed by atoms with E-state index in [2.05, 4.69) is 10.3 Å². The van der Waals surface area contributed by atoms with Crippen LogP contribution in [-0.4, -0.2) is 59.8 Å². The lowest BCUT2D eigenvalue weighted by Crippen LogP contribution is -2.55. The molecule has 2 N–H and O–H groups in total. The van der Waals surface area contributed by atoms with Gasteiger partial charge in [-0.05, 0) is 6.07 Å². The molecule has 146 valence electrons. The minimum Gasteiger partial charge on any atom is -0.383 e. The predicted molar refractivity (Wildman–Crippen MR) is 89.8 cm³/mol. The molecular weight excluding hydrogens is 391 g/mol. The van der Waals surface area contributed by atoms with Gasteiger partial charge >= 0.3 is 12.2 Å². The summed E-state index contributed by atoms with van der Waals surface area (Å²) in [5.74, 6) is -1.63. The summed E-state index contributed by atoms with van der Waals surface area (Å²) in [5.41, 5.74) is -1.22. The lowest BCUT2D eigenvalue weighted by molar-refractivity contribution is -0.138. The Balaban J connectivity index is 2.05. The normalized spacial score (nSPS) is 16.6. The third-order valence-corrected chi connectivity index (χ3v) is 3.66. The van der Waals surface area contributed by atoms with Gasteiger partial charge in [-0.2, -0.15) is 13.2 Å². The van der Waals surface area contributed by atoms with Gasteiger partial charge in [0.2, 0.25) is 0 Å². The van der Waals surface area contributed by atoms with E-state index in [4.69, 9.17) is 11.6 Å². The molecule has 1 aromatic rings. The number of pyridine rings is 1. The molecule has 1 fully saturated rings. The van der Waals surface area contributed by atoms with Crippen LogP contribution in [0.3, 0.4) is 0 Å². The minimum atomic E-state index is -4.57. The Morgan fingerprint density at radius 1 is 1.33 bits per heavy atom. The fourth-order valence-electron chi connectivity index (χ4n) is 2.15. The number of hydrogen-bond acceptors (Lipinski definition) is 6. The summed E-state index contributed by atoms with van der Waals surface area (Å²) in [7, 11) is 3.21. The molecule has 8 nitrogen and oxygen atoms in total. The van der Waals surface area contributed by atoms with Gasteiger partial charge in [0.15, 0.2) is 0 Å². The lowest BCUT2D eigenvalue weighted by Gasteiger charge is -2.27. The van der Waals surface area contributed by atoms with E-state index >= 15 is 0 Å². The van der Waals surface area contributed by atoms with Crippen molar-refractivity contribution in [3.05, 3.63) is 34.6 Å². The van der Waals surface area contributed by atoms with E-state index in [0.29, 0.717) is 12.3 Å². The molecule has 0 aromatic carbocycles. The van der Waals surface area contributed by atoms with Crippen molar-refractivity contribution >= 4 is 35.3 Å². The third kappa shape index (κ3) is 4.88. The molecule has 27 heavy (non-hydrogen) atoms. The average Bonchev–Trinajstić information content (AvgIpc) is 2.54. The molecule has 1 aromatic heterocycles. The maximum Gasteiger partial charge on any atom is 0.417 e. The highest BCUT2D eigenvalue weighted by Crippen LogP contribution is 2.32. The topological polar surface area (TPSA) is 94.6 Å². The van der Waals surface area contributed by atoms with E-state index in [1.807, 2.05) is 5.32 Å². The van der Waals surface area contributed by atoms with Crippen LogP contribution in [0.4, 0.5) is 23.8 Å². The first-order chi connectivity index (χ1) is 12.5. The molecule has 1 aliphatic rings. The SMILES string of the molecule is CN(C)/C=C1/C(=O)NC(=O)N(CCNc2ncc(C(F)(F)F)cc2Cl)C1=O. The second-order valence-corrected chi connectivity index (χ2v) is 6.11. The van der Waals surface area contributed by atoms with E-state index in [9.17, 15) is 27.6 Å². The van der Waals surface area contributed by atoms with E-state index in [1.54, 1.807) is 14.1 Å². The van der Waals surface area contributed by atoms with Gasteiger partial charge in [0.25, 0.3) is 11.8 Å². The number of barbiturate groups is 1. The van der Waals surface area contributed by atoms with Crippen molar-refractivity contribution in [1.29, 1.82) is 0 Å².